The molecule has 0 bridgehead atoms. The third kappa shape index (κ3) is 2.90. The summed E-state index contributed by atoms with van der Waals surface area (Å²) in [4.78, 5) is 17.1. The standard InChI is InChI=1S/C15H20BrN3O/c16-14-5-2-1-4-13(14)15(20)19-7-3-6-18(8-9-19)12-10-17-11-12/h1-2,4-5,12,17H,3,6-11H2. The molecular weight excluding hydrogens is 318 g/mol. The minimum absolute atomic E-state index is 0.144. The van der Waals surface area contributed by atoms with Gasteiger partial charge in [0.2, 0.25) is 0 Å². The third-order valence-electron chi connectivity index (χ3n) is 4.20. The first kappa shape index (κ1) is 14.0. The number of rotatable bonds is 2. The van der Waals surface area contributed by atoms with Crippen molar-refractivity contribution in [3.63, 3.8) is 0 Å². The Kier molecular flexibility index (Phi) is 4.38. The van der Waals surface area contributed by atoms with Crippen LogP contribution in [0.5, 0.6) is 0 Å². The molecule has 0 aromatic heterocycles. The first-order valence-electron chi connectivity index (χ1n) is 7.24. The molecule has 1 amide bonds. The van der Waals surface area contributed by atoms with Gasteiger partial charge in [-0.2, -0.15) is 0 Å². The molecule has 5 heteroatoms. The molecule has 1 aromatic rings. The van der Waals surface area contributed by atoms with Crippen LogP contribution in [0.25, 0.3) is 0 Å². The number of halogens is 1. The first-order valence-corrected chi connectivity index (χ1v) is 8.03. The van der Waals surface area contributed by atoms with E-state index in [9.17, 15) is 4.79 Å². The Hall–Kier alpha value is -0.910. The molecule has 108 valence electrons. The van der Waals surface area contributed by atoms with Crippen LogP contribution < -0.4 is 5.32 Å². The van der Waals surface area contributed by atoms with Gasteiger partial charge in [-0.15, -0.1) is 0 Å². The summed E-state index contributed by atoms with van der Waals surface area (Å²) in [5, 5.41) is 3.32. The second kappa shape index (κ2) is 6.24. The maximum absolute atomic E-state index is 12.6. The minimum atomic E-state index is 0.144. The average molecular weight is 338 g/mol. The second-order valence-electron chi connectivity index (χ2n) is 5.47. The Morgan fingerprint density at radius 2 is 1.95 bits per heavy atom. The van der Waals surface area contributed by atoms with Crippen LogP contribution in [0.3, 0.4) is 0 Å². The van der Waals surface area contributed by atoms with Gasteiger partial charge in [-0.25, -0.2) is 0 Å². The number of carbonyl (C=O) groups excluding carboxylic acids is 1. The smallest absolute Gasteiger partial charge is 0.255 e. The van der Waals surface area contributed by atoms with E-state index >= 15 is 0 Å². The highest BCUT2D eigenvalue weighted by atomic mass is 79.9. The van der Waals surface area contributed by atoms with Crippen LogP contribution in [0.1, 0.15) is 16.8 Å². The molecule has 0 aliphatic carbocycles. The van der Waals surface area contributed by atoms with Gasteiger partial charge in [0, 0.05) is 49.8 Å². The summed E-state index contributed by atoms with van der Waals surface area (Å²) < 4.78 is 0.884. The van der Waals surface area contributed by atoms with Crippen LogP contribution >= 0.6 is 15.9 Å². The van der Waals surface area contributed by atoms with E-state index in [1.807, 2.05) is 29.2 Å². The molecule has 2 heterocycles. The molecule has 1 aromatic carbocycles. The predicted molar refractivity (Wildman–Crippen MR) is 82.9 cm³/mol. The van der Waals surface area contributed by atoms with Gasteiger partial charge in [0.1, 0.15) is 0 Å². The van der Waals surface area contributed by atoms with Crippen molar-refractivity contribution in [3.8, 4) is 0 Å². The van der Waals surface area contributed by atoms with Gasteiger partial charge in [-0.3, -0.25) is 9.69 Å². The van der Waals surface area contributed by atoms with Crippen molar-refractivity contribution in [2.75, 3.05) is 39.3 Å². The van der Waals surface area contributed by atoms with Crippen LogP contribution in [-0.4, -0.2) is 61.0 Å². The molecule has 2 fully saturated rings. The lowest BCUT2D eigenvalue weighted by atomic mass is 10.1. The number of hydrogen-bond donors (Lipinski definition) is 1. The molecule has 0 radical (unpaired) electrons. The summed E-state index contributed by atoms with van der Waals surface area (Å²) >= 11 is 3.47. The molecule has 4 nitrogen and oxygen atoms in total. The lowest BCUT2D eigenvalue weighted by molar-refractivity contribution is 0.0752. The third-order valence-corrected chi connectivity index (χ3v) is 4.89. The van der Waals surface area contributed by atoms with Gasteiger partial charge >= 0.3 is 0 Å². The van der Waals surface area contributed by atoms with Crippen molar-refractivity contribution in [2.24, 2.45) is 0 Å². The SMILES string of the molecule is O=C(c1ccccc1Br)N1CCCN(C2CNC2)CC1. The van der Waals surface area contributed by atoms with Gasteiger partial charge in [0.25, 0.3) is 5.91 Å². The van der Waals surface area contributed by atoms with Crippen molar-refractivity contribution < 1.29 is 4.79 Å². The fourth-order valence-electron chi connectivity index (χ4n) is 2.84. The normalized spacial score (nSPS) is 21.4. The fraction of sp³-hybridized carbons (Fsp3) is 0.533. The van der Waals surface area contributed by atoms with Crippen LogP contribution in [0.4, 0.5) is 0 Å². The number of benzene rings is 1. The fourth-order valence-corrected chi connectivity index (χ4v) is 3.30. The number of hydrogen-bond acceptors (Lipinski definition) is 3. The van der Waals surface area contributed by atoms with E-state index in [2.05, 4.69) is 26.1 Å². The van der Waals surface area contributed by atoms with E-state index in [1.165, 1.54) is 0 Å². The van der Waals surface area contributed by atoms with E-state index in [1.54, 1.807) is 0 Å². The van der Waals surface area contributed by atoms with Crippen molar-refractivity contribution >= 4 is 21.8 Å². The van der Waals surface area contributed by atoms with Gasteiger partial charge in [-0.05, 0) is 34.5 Å². The number of carbonyl (C=O) groups is 1. The van der Waals surface area contributed by atoms with Crippen molar-refractivity contribution in [2.45, 2.75) is 12.5 Å². The van der Waals surface area contributed by atoms with E-state index in [0.717, 1.165) is 55.7 Å². The van der Waals surface area contributed by atoms with Gasteiger partial charge in [0.15, 0.2) is 0 Å². The molecule has 20 heavy (non-hydrogen) atoms. The molecule has 2 aliphatic heterocycles. The zero-order valence-corrected chi connectivity index (χ0v) is 13.1. The summed E-state index contributed by atoms with van der Waals surface area (Å²) in [6, 6.07) is 8.35. The van der Waals surface area contributed by atoms with E-state index in [-0.39, 0.29) is 5.91 Å². The van der Waals surface area contributed by atoms with Crippen LogP contribution in [0.2, 0.25) is 0 Å². The van der Waals surface area contributed by atoms with Crippen molar-refractivity contribution in [1.82, 2.24) is 15.1 Å². The zero-order chi connectivity index (χ0) is 13.9. The van der Waals surface area contributed by atoms with E-state index in [4.69, 9.17) is 0 Å². The molecule has 2 aliphatic rings. The summed E-state index contributed by atoms with van der Waals surface area (Å²) in [5.74, 6) is 0.144. The topological polar surface area (TPSA) is 35.6 Å². The zero-order valence-electron chi connectivity index (χ0n) is 11.5. The number of amides is 1. The number of nitrogens with zero attached hydrogens (tertiary/aromatic N) is 2. The second-order valence-corrected chi connectivity index (χ2v) is 6.33. The molecular formula is C15H20BrN3O. The maximum Gasteiger partial charge on any atom is 0.255 e. The monoisotopic (exact) mass is 337 g/mol. The Bertz CT molecular complexity index is 490. The quantitative estimate of drug-likeness (QED) is 0.889. The minimum Gasteiger partial charge on any atom is -0.337 e. The molecule has 0 spiro atoms. The number of nitrogens with one attached hydrogen (secondary N) is 1. The molecule has 2 saturated heterocycles. The van der Waals surface area contributed by atoms with Crippen LogP contribution in [-0.2, 0) is 0 Å². The van der Waals surface area contributed by atoms with Crippen molar-refractivity contribution in [3.05, 3.63) is 34.3 Å². The lowest BCUT2D eigenvalue weighted by Gasteiger charge is -2.37. The van der Waals surface area contributed by atoms with Crippen molar-refractivity contribution in [1.29, 1.82) is 0 Å². The first-order chi connectivity index (χ1) is 9.75. The van der Waals surface area contributed by atoms with Gasteiger partial charge in [0.05, 0.1) is 5.56 Å². The highest BCUT2D eigenvalue weighted by Gasteiger charge is 2.28. The Morgan fingerprint density at radius 1 is 1.15 bits per heavy atom. The molecule has 0 atom stereocenters. The Morgan fingerprint density at radius 3 is 2.65 bits per heavy atom. The highest BCUT2D eigenvalue weighted by Crippen LogP contribution is 2.19. The molecule has 3 rings (SSSR count). The molecule has 0 saturated carbocycles. The summed E-state index contributed by atoms with van der Waals surface area (Å²) in [6.07, 6.45) is 1.06. The van der Waals surface area contributed by atoms with Gasteiger partial charge < -0.3 is 10.2 Å². The molecule has 0 unspecified atom stereocenters. The Balaban J connectivity index is 1.65. The average Bonchev–Trinajstić information content (AvgIpc) is 2.63. The maximum atomic E-state index is 12.6. The largest absolute Gasteiger partial charge is 0.337 e. The van der Waals surface area contributed by atoms with E-state index < -0.39 is 0 Å². The van der Waals surface area contributed by atoms with Gasteiger partial charge in [-0.1, -0.05) is 12.1 Å². The molecule has 1 N–H and O–H groups in total. The highest BCUT2D eigenvalue weighted by molar-refractivity contribution is 9.10. The predicted octanol–water partition coefficient (Wildman–Crippen LogP) is 1.57. The summed E-state index contributed by atoms with van der Waals surface area (Å²) in [6.45, 7) is 5.97. The van der Waals surface area contributed by atoms with E-state index in [0.29, 0.717) is 6.04 Å². The summed E-state index contributed by atoms with van der Waals surface area (Å²) in [5.41, 5.74) is 0.770. The lowest BCUT2D eigenvalue weighted by Crippen LogP contribution is -2.57. The Labute approximate surface area is 128 Å². The van der Waals surface area contributed by atoms with Crippen LogP contribution in [0.15, 0.2) is 28.7 Å². The summed E-state index contributed by atoms with van der Waals surface area (Å²) in [7, 11) is 0. The van der Waals surface area contributed by atoms with Crippen LogP contribution in [0, 0.1) is 0 Å².